The summed E-state index contributed by atoms with van der Waals surface area (Å²) in [5.74, 6) is 0. The van der Waals surface area contributed by atoms with E-state index in [9.17, 15) is 0 Å². The van der Waals surface area contributed by atoms with Crippen LogP contribution < -0.4 is 0 Å². The Morgan fingerprint density at radius 3 is 0.692 bits per heavy atom. The molecule has 0 heteroatoms. The SMILES string of the molecule is c1ccc(-c2cccc(-c3cc(-c4cccc(-c5ccccc5)c4)cc(C4(c5cc(-c6cccc(-c7ccccc7)c6)cc(-c6cccc(-c7ccccc7)c6)c5)c5cc(-c6ccccc6)ccc5-c5c(-c6cccc(-c7ccccc7)c6)cccc54)c3)c2)cc1. The summed E-state index contributed by atoms with van der Waals surface area (Å²) < 4.78 is 0. The lowest BCUT2D eigenvalue weighted by Gasteiger charge is -2.36. The molecule has 0 unspecified atom stereocenters. The van der Waals surface area contributed by atoms with E-state index < -0.39 is 5.41 Å². The van der Waals surface area contributed by atoms with Crippen LogP contribution in [0.4, 0.5) is 0 Å². The van der Waals surface area contributed by atoms with Crippen molar-refractivity contribution in [3.63, 3.8) is 0 Å². The topological polar surface area (TPSA) is 0 Å². The predicted molar refractivity (Wildman–Crippen MR) is 384 cm³/mol. The van der Waals surface area contributed by atoms with Gasteiger partial charge in [0.2, 0.25) is 0 Å². The number of hydrogen-bond donors (Lipinski definition) is 0. The molecule has 0 saturated carbocycles. The van der Waals surface area contributed by atoms with E-state index in [2.05, 4.69) is 376 Å². The number of benzene rings is 15. The molecule has 0 spiro atoms. The van der Waals surface area contributed by atoms with Crippen LogP contribution in [-0.2, 0) is 5.41 Å². The fourth-order valence-electron chi connectivity index (χ4n) is 14.1. The molecule has 0 aliphatic heterocycles. The van der Waals surface area contributed by atoms with Crippen molar-refractivity contribution in [2.45, 2.75) is 5.41 Å². The number of fused-ring (bicyclic) bond motifs is 3. The van der Waals surface area contributed by atoms with Crippen LogP contribution in [0.2, 0.25) is 0 Å². The second kappa shape index (κ2) is 23.8. The molecule has 91 heavy (non-hydrogen) atoms. The van der Waals surface area contributed by atoms with Gasteiger partial charge in [-0.25, -0.2) is 0 Å². The predicted octanol–water partition coefficient (Wildman–Crippen LogP) is 24.4. The maximum absolute atomic E-state index is 2.53. The third-order valence-electron chi connectivity index (χ3n) is 18.5. The molecule has 0 radical (unpaired) electrons. The Kier molecular flexibility index (Phi) is 14.3. The summed E-state index contributed by atoms with van der Waals surface area (Å²) in [5.41, 5.74) is 31.9. The Labute approximate surface area is 534 Å². The van der Waals surface area contributed by atoms with Gasteiger partial charge in [0.25, 0.3) is 0 Å². The van der Waals surface area contributed by atoms with E-state index in [0.717, 1.165) is 50.1 Å². The van der Waals surface area contributed by atoms with Gasteiger partial charge in [-0.05, 0) is 229 Å². The number of rotatable bonds is 13. The monoisotopic (exact) mass is 1150 g/mol. The fourth-order valence-corrected chi connectivity index (χ4v) is 14.1. The van der Waals surface area contributed by atoms with Crippen LogP contribution in [0.5, 0.6) is 0 Å². The van der Waals surface area contributed by atoms with Gasteiger partial charge in [0, 0.05) is 0 Å². The highest BCUT2D eigenvalue weighted by molar-refractivity contribution is 5.99. The van der Waals surface area contributed by atoms with Crippen LogP contribution in [0, 0.1) is 0 Å². The molecule has 0 nitrogen and oxygen atoms in total. The molecule has 0 amide bonds. The minimum Gasteiger partial charge on any atom is -0.0622 e. The summed E-state index contributed by atoms with van der Waals surface area (Å²) in [7, 11) is 0. The van der Waals surface area contributed by atoms with Gasteiger partial charge in [-0.1, -0.05) is 303 Å². The van der Waals surface area contributed by atoms with E-state index in [4.69, 9.17) is 0 Å². The lowest BCUT2D eigenvalue weighted by molar-refractivity contribution is 0.770. The zero-order valence-corrected chi connectivity index (χ0v) is 50.3. The average molecular weight is 1160 g/mol. The van der Waals surface area contributed by atoms with Crippen molar-refractivity contribution < 1.29 is 0 Å². The molecule has 15 aromatic carbocycles. The summed E-state index contributed by atoms with van der Waals surface area (Å²) in [6, 6.07) is 140. The molecule has 0 N–H and O–H groups in total. The van der Waals surface area contributed by atoms with E-state index in [1.807, 2.05) is 0 Å². The molecule has 426 valence electrons. The third-order valence-corrected chi connectivity index (χ3v) is 18.5. The first-order chi connectivity index (χ1) is 45.1. The van der Waals surface area contributed by atoms with Gasteiger partial charge in [-0.15, -0.1) is 0 Å². The molecule has 1 aliphatic rings. The zero-order chi connectivity index (χ0) is 60.5. The molecule has 0 heterocycles. The Hall–Kier alpha value is -11.7. The summed E-state index contributed by atoms with van der Waals surface area (Å²) in [6.45, 7) is 0. The van der Waals surface area contributed by atoms with Gasteiger partial charge in [-0.2, -0.15) is 0 Å². The van der Waals surface area contributed by atoms with Gasteiger partial charge >= 0.3 is 0 Å². The molecular weight excluding hydrogens is 1090 g/mol. The summed E-state index contributed by atoms with van der Waals surface area (Å²) in [4.78, 5) is 0. The second-order valence-electron chi connectivity index (χ2n) is 23.9. The van der Waals surface area contributed by atoms with Crippen molar-refractivity contribution in [1.82, 2.24) is 0 Å². The van der Waals surface area contributed by atoms with Crippen LogP contribution in [0.3, 0.4) is 0 Å². The van der Waals surface area contributed by atoms with Gasteiger partial charge < -0.3 is 0 Å². The lowest BCUT2D eigenvalue weighted by Crippen LogP contribution is -2.29. The summed E-state index contributed by atoms with van der Waals surface area (Å²) in [5, 5.41) is 0. The van der Waals surface area contributed by atoms with E-state index in [-0.39, 0.29) is 0 Å². The Bertz CT molecular complexity index is 4710. The van der Waals surface area contributed by atoms with Gasteiger partial charge in [-0.3, -0.25) is 0 Å². The van der Waals surface area contributed by atoms with Crippen LogP contribution >= 0.6 is 0 Å². The molecule has 0 saturated heterocycles. The van der Waals surface area contributed by atoms with Gasteiger partial charge in [0.05, 0.1) is 5.41 Å². The first-order valence-electron chi connectivity index (χ1n) is 31.5. The maximum atomic E-state index is 2.53. The quantitative estimate of drug-likeness (QED) is 0.108. The highest BCUT2D eigenvalue weighted by atomic mass is 14.5. The fraction of sp³-hybridized carbons (Fsp3) is 0.0110. The minimum atomic E-state index is -0.930. The van der Waals surface area contributed by atoms with Crippen molar-refractivity contribution in [2.24, 2.45) is 0 Å². The second-order valence-corrected chi connectivity index (χ2v) is 23.9. The highest BCUT2D eigenvalue weighted by Gasteiger charge is 2.48. The zero-order valence-electron chi connectivity index (χ0n) is 50.3. The first kappa shape index (κ1) is 54.7. The Morgan fingerprint density at radius 2 is 0.374 bits per heavy atom. The van der Waals surface area contributed by atoms with Gasteiger partial charge in [0.1, 0.15) is 0 Å². The largest absolute Gasteiger partial charge is 0.0714 e. The molecular formula is C91H62. The van der Waals surface area contributed by atoms with E-state index in [1.165, 1.54) is 106 Å². The van der Waals surface area contributed by atoms with Crippen molar-refractivity contribution in [3.05, 3.63) is 398 Å². The van der Waals surface area contributed by atoms with Crippen LogP contribution in [-0.4, -0.2) is 0 Å². The molecule has 15 aromatic rings. The van der Waals surface area contributed by atoms with Gasteiger partial charge in [0.15, 0.2) is 0 Å². The molecule has 0 atom stereocenters. The molecule has 1 aliphatic carbocycles. The minimum absolute atomic E-state index is 0.930. The van der Waals surface area contributed by atoms with Crippen LogP contribution in [0.1, 0.15) is 22.3 Å². The molecule has 0 bridgehead atoms. The number of hydrogen-bond acceptors (Lipinski definition) is 0. The standard InChI is InChI=1S/C91H62/c1-7-25-63(26-8-1)69-37-19-42-74(51-69)80-56-81(75-43-20-38-70(52-75)64-27-9-2-10-28-64)59-84(58-80)91(85-60-82(76-44-21-39-71(53-76)65-29-11-3-12-30-65)57-83(61-85)77-45-22-40-72(54-77)66-31-13-4-14-32-66)88-48-24-47-86(79-46-23-41-73(55-79)67-33-15-5-16-34-67)90(88)87-50-49-78(62-89(87)91)68-35-17-6-18-36-68/h1-62H. The maximum Gasteiger partial charge on any atom is 0.0714 e. The third kappa shape index (κ3) is 10.4. The molecule has 0 fully saturated rings. The summed E-state index contributed by atoms with van der Waals surface area (Å²) in [6.07, 6.45) is 0. The van der Waals surface area contributed by atoms with Crippen LogP contribution in [0.25, 0.3) is 134 Å². The van der Waals surface area contributed by atoms with Crippen molar-refractivity contribution in [3.8, 4) is 134 Å². The Morgan fingerprint density at radius 1 is 0.132 bits per heavy atom. The van der Waals surface area contributed by atoms with Crippen LogP contribution in [0.15, 0.2) is 376 Å². The Balaban J connectivity index is 1.05. The summed E-state index contributed by atoms with van der Waals surface area (Å²) >= 11 is 0. The highest BCUT2D eigenvalue weighted by Crippen LogP contribution is 2.61. The molecule has 16 rings (SSSR count). The van der Waals surface area contributed by atoms with E-state index in [0.29, 0.717) is 0 Å². The van der Waals surface area contributed by atoms with Crippen molar-refractivity contribution in [2.75, 3.05) is 0 Å². The first-order valence-corrected chi connectivity index (χ1v) is 31.5. The smallest absolute Gasteiger partial charge is 0.0622 e. The van der Waals surface area contributed by atoms with E-state index in [1.54, 1.807) is 0 Å². The molecule has 0 aromatic heterocycles. The van der Waals surface area contributed by atoms with Crippen molar-refractivity contribution >= 4 is 0 Å². The normalized spacial score (nSPS) is 12.0. The average Bonchev–Trinajstić information content (AvgIpc) is 1.55. The van der Waals surface area contributed by atoms with E-state index >= 15 is 0 Å². The van der Waals surface area contributed by atoms with Crippen molar-refractivity contribution in [1.29, 1.82) is 0 Å². The lowest BCUT2D eigenvalue weighted by atomic mass is 9.65.